The lowest BCUT2D eigenvalue weighted by atomic mass is 10.1. The van der Waals surface area contributed by atoms with Gasteiger partial charge in [0.1, 0.15) is 0 Å². The number of aliphatic hydroxyl groups is 1. The van der Waals surface area contributed by atoms with Gasteiger partial charge in [-0.3, -0.25) is 0 Å². The molecule has 1 aromatic heterocycles. The molecule has 0 radical (unpaired) electrons. The smallest absolute Gasteiger partial charge is 0.0972 e. The quantitative estimate of drug-likeness (QED) is 0.888. The van der Waals surface area contributed by atoms with Crippen LogP contribution in [0.4, 0.5) is 0 Å². The summed E-state index contributed by atoms with van der Waals surface area (Å²) in [6.07, 6.45) is 4.10. The van der Waals surface area contributed by atoms with Crippen molar-refractivity contribution in [1.82, 2.24) is 9.88 Å². The summed E-state index contributed by atoms with van der Waals surface area (Å²) in [6.45, 7) is 1.83. The molecule has 3 nitrogen and oxygen atoms in total. The number of nitrogens with zero attached hydrogens (tertiary/aromatic N) is 2. The van der Waals surface area contributed by atoms with Crippen LogP contribution in [-0.2, 0) is 13.0 Å². The van der Waals surface area contributed by atoms with E-state index >= 15 is 0 Å². The van der Waals surface area contributed by atoms with E-state index in [1.54, 1.807) is 11.3 Å². The average molecular weight is 316 g/mol. The van der Waals surface area contributed by atoms with E-state index in [9.17, 15) is 5.11 Å². The molecule has 1 aromatic carbocycles. The van der Waals surface area contributed by atoms with Crippen LogP contribution in [0.2, 0.25) is 0 Å². The second-order valence-corrected chi connectivity index (χ2v) is 7.29. The first-order valence-corrected chi connectivity index (χ1v) is 8.92. The van der Waals surface area contributed by atoms with Gasteiger partial charge in [-0.1, -0.05) is 36.8 Å². The van der Waals surface area contributed by atoms with Gasteiger partial charge in [0.25, 0.3) is 0 Å². The van der Waals surface area contributed by atoms with Crippen LogP contribution in [0.3, 0.4) is 0 Å². The summed E-state index contributed by atoms with van der Waals surface area (Å²) in [6, 6.07) is 10.5. The van der Waals surface area contributed by atoms with Crippen molar-refractivity contribution >= 4 is 11.3 Å². The van der Waals surface area contributed by atoms with Crippen LogP contribution in [-0.4, -0.2) is 34.7 Å². The number of hydrogen-bond acceptors (Lipinski definition) is 4. The Kier molecular flexibility index (Phi) is 5.24. The Morgan fingerprint density at radius 3 is 2.82 bits per heavy atom. The van der Waals surface area contributed by atoms with Crippen molar-refractivity contribution in [3.63, 3.8) is 0 Å². The molecule has 0 bridgehead atoms. The Bertz CT molecular complexity index is 584. The molecule has 0 aliphatic heterocycles. The molecular formula is C18H24N2OS. The van der Waals surface area contributed by atoms with E-state index in [2.05, 4.69) is 41.6 Å². The standard InChI is InChI=1S/C18H24N2OS/c1-20(11-15-8-5-9-17(15)21)12-16-13-22-18(19-16)10-14-6-3-2-4-7-14/h2-4,6-7,13,15,17,21H,5,8-12H2,1H3. The second kappa shape index (κ2) is 7.36. The van der Waals surface area contributed by atoms with Crippen molar-refractivity contribution in [2.45, 2.75) is 38.3 Å². The zero-order valence-electron chi connectivity index (χ0n) is 13.1. The van der Waals surface area contributed by atoms with Gasteiger partial charge in [-0.2, -0.15) is 0 Å². The predicted octanol–water partition coefficient (Wildman–Crippen LogP) is 3.33. The van der Waals surface area contributed by atoms with Crippen LogP contribution >= 0.6 is 11.3 Å². The zero-order chi connectivity index (χ0) is 15.4. The van der Waals surface area contributed by atoms with E-state index in [4.69, 9.17) is 4.98 Å². The molecule has 1 aliphatic rings. The molecular weight excluding hydrogens is 292 g/mol. The van der Waals surface area contributed by atoms with Crippen molar-refractivity contribution in [2.75, 3.05) is 13.6 Å². The summed E-state index contributed by atoms with van der Waals surface area (Å²) >= 11 is 1.74. The van der Waals surface area contributed by atoms with Gasteiger partial charge in [-0.15, -0.1) is 11.3 Å². The summed E-state index contributed by atoms with van der Waals surface area (Å²) < 4.78 is 0. The zero-order valence-corrected chi connectivity index (χ0v) is 13.9. The number of hydrogen-bond donors (Lipinski definition) is 1. The van der Waals surface area contributed by atoms with Crippen LogP contribution in [0.15, 0.2) is 35.7 Å². The van der Waals surface area contributed by atoms with E-state index in [0.717, 1.165) is 44.5 Å². The molecule has 2 unspecified atom stereocenters. The molecule has 1 fully saturated rings. The maximum absolute atomic E-state index is 9.93. The van der Waals surface area contributed by atoms with Gasteiger partial charge >= 0.3 is 0 Å². The number of aromatic nitrogens is 1. The Morgan fingerprint density at radius 1 is 1.27 bits per heavy atom. The highest BCUT2D eigenvalue weighted by Gasteiger charge is 2.26. The van der Waals surface area contributed by atoms with E-state index < -0.39 is 0 Å². The lowest BCUT2D eigenvalue weighted by Crippen LogP contribution is -2.29. The van der Waals surface area contributed by atoms with E-state index in [-0.39, 0.29) is 6.10 Å². The highest BCUT2D eigenvalue weighted by molar-refractivity contribution is 7.09. The van der Waals surface area contributed by atoms with Crippen LogP contribution in [0.1, 0.15) is 35.5 Å². The van der Waals surface area contributed by atoms with Crippen molar-refractivity contribution in [2.24, 2.45) is 5.92 Å². The minimum absolute atomic E-state index is 0.105. The van der Waals surface area contributed by atoms with Gasteiger partial charge in [-0.05, 0) is 31.4 Å². The minimum atomic E-state index is -0.105. The first-order chi connectivity index (χ1) is 10.7. The molecule has 0 saturated heterocycles. The second-order valence-electron chi connectivity index (χ2n) is 6.35. The summed E-state index contributed by atoms with van der Waals surface area (Å²) in [5, 5.41) is 13.3. The molecule has 1 saturated carbocycles. The third-order valence-electron chi connectivity index (χ3n) is 4.39. The third kappa shape index (κ3) is 4.15. The molecule has 2 atom stereocenters. The summed E-state index contributed by atoms with van der Waals surface area (Å²) in [7, 11) is 2.13. The summed E-state index contributed by atoms with van der Waals surface area (Å²) in [5.74, 6) is 0.437. The number of thiazole rings is 1. The molecule has 4 heteroatoms. The largest absolute Gasteiger partial charge is 0.393 e. The fourth-order valence-corrected chi connectivity index (χ4v) is 4.06. The van der Waals surface area contributed by atoms with Crippen molar-refractivity contribution in [1.29, 1.82) is 0 Å². The summed E-state index contributed by atoms with van der Waals surface area (Å²) in [4.78, 5) is 7.05. The van der Waals surface area contributed by atoms with Gasteiger partial charge in [0.2, 0.25) is 0 Å². The van der Waals surface area contributed by atoms with E-state index in [0.29, 0.717) is 5.92 Å². The van der Waals surface area contributed by atoms with E-state index in [1.165, 1.54) is 10.6 Å². The van der Waals surface area contributed by atoms with Crippen LogP contribution in [0.25, 0.3) is 0 Å². The molecule has 2 aromatic rings. The Morgan fingerprint density at radius 2 is 2.09 bits per heavy atom. The fourth-order valence-electron chi connectivity index (χ4n) is 3.24. The molecule has 0 spiro atoms. The molecule has 0 amide bonds. The highest BCUT2D eigenvalue weighted by Crippen LogP contribution is 2.26. The summed E-state index contributed by atoms with van der Waals surface area (Å²) in [5.41, 5.74) is 2.46. The SMILES string of the molecule is CN(Cc1csc(Cc2ccccc2)n1)CC1CCCC1O. The molecule has 22 heavy (non-hydrogen) atoms. The van der Waals surface area contributed by atoms with Gasteiger partial charge < -0.3 is 10.0 Å². The Labute approximate surface area is 136 Å². The lowest BCUT2D eigenvalue weighted by Gasteiger charge is -2.22. The molecule has 1 N–H and O–H groups in total. The number of aliphatic hydroxyl groups excluding tert-OH is 1. The minimum Gasteiger partial charge on any atom is -0.393 e. The first-order valence-electron chi connectivity index (χ1n) is 8.04. The number of benzene rings is 1. The van der Waals surface area contributed by atoms with Crippen molar-refractivity contribution in [3.8, 4) is 0 Å². The van der Waals surface area contributed by atoms with Crippen LogP contribution in [0.5, 0.6) is 0 Å². The third-order valence-corrected chi connectivity index (χ3v) is 5.29. The lowest BCUT2D eigenvalue weighted by molar-refractivity contribution is 0.107. The molecule has 3 rings (SSSR count). The van der Waals surface area contributed by atoms with Gasteiger partial charge in [0, 0.05) is 24.9 Å². The van der Waals surface area contributed by atoms with Crippen LogP contribution in [0, 0.1) is 5.92 Å². The number of rotatable bonds is 6. The molecule has 118 valence electrons. The van der Waals surface area contributed by atoms with Gasteiger partial charge in [0.15, 0.2) is 0 Å². The Hall–Kier alpha value is -1.23. The molecule has 1 heterocycles. The topological polar surface area (TPSA) is 36.4 Å². The highest BCUT2D eigenvalue weighted by atomic mass is 32.1. The van der Waals surface area contributed by atoms with Crippen molar-refractivity contribution in [3.05, 3.63) is 52.0 Å². The van der Waals surface area contributed by atoms with E-state index in [1.807, 2.05) is 6.07 Å². The molecule has 1 aliphatic carbocycles. The van der Waals surface area contributed by atoms with Gasteiger partial charge in [0.05, 0.1) is 16.8 Å². The monoisotopic (exact) mass is 316 g/mol. The van der Waals surface area contributed by atoms with Gasteiger partial charge in [-0.25, -0.2) is 4.98 Å². The van der Waals surface area contributed by atoms with Crippen molar-refractivity contribution < 1.29 is 5.11 Å². The first kappa shape index (κ1) is 15.7. The average Bonchev–Trinajstić information content (AvgIpc) is 3.10. The predicted molar refractivity (Wildman–Crippen MR) is 91.0 cm³/mol. The fraction of sp³-hybridized carbons (Fsp3) is 0.500. The Balaban J connectivity index is 1.52. The maximum atomic E-state index is 9.93. The normalized spacial score (nSPS) is 21.6. The van der Waals surface area contributed by atoms with Crippen LogP contribution < -0.4 is 0 Å². The maximum Gasteiger partial charge on any atom is 0.0972 e.